The minimum absolute atomic E-state index is 0.314. The molecular formula is C13H19N5O. The molecule has 4 N–H and O–H groups in total. The van der Waals surface area contributed by atoms with Crippen LogP contribution in [0.2, 0.25) is 0 Å². The highest BCUT2D eigenvalue weighted by Crippen LogP contribution is 2.22. The van der Waals surface area contributed by atoms with Crippen molar-refractivity contribution in [1.29, 1.82) is 0 Å². The largest absolute Gasteiger partial charge is 0.493 e. The first-order valence-electron chi connectivity index (χ1n) is 6.27. The first-order chi connectivity index (χ1) is 9.16. The standard InChI is InChI=1S/C13H19N5O/c1-9-5-3-6-10(2)11(9)19-8-4-7-15-13-16-12(14)17-18-13/h3,5-6H,4,7-8H2,1-2H3,(H4,14,15,16,17,18). The molecule has 1 aromatic carbocycles. The lowest BCUT2D eigenvalue weighted by atomic mass is 10.1. The third-order valence-corrected chi connectivity index (χ3v) is 2.76. The summed E-state index contributed by atoms with van der Waals surface area (Å²) in [4.78, 5) is 3.95. The quantitative estimate of drug-likeness (QED) is 0.691. The molecule has 6 nitrogen and oxygen atoms in total. The van der Waals surface area contributed by atoms with Crippen LogP contribution < -0.4 is 15.8 Å². The van der Waals surface area contributed by atoms with Crippen LogP contribution in [0, 0.1) is 13.8 Å². The van der Waals surface area contributed by atoms with Crippen molar-refractivity contribution in [2.75, 3.05) is 24.2 Å². The number of ether oxygens (including phenoxy) is 1. The van der Waals surface area contributed by atoms with Crippen molar-refractivity contribution >= 4 is 11.9 Å². The zero-order valence-corrected chi connectivity index (χ0v) is 11.2. The fraction of sp³-hybridized carbons (Fsp3) is 0.385. The van der Waals surface area contributed by atoms with Crippen LogP contribution in [0.15, 0.2) is 18.2 Å². The summed E-state index contributed by atoms with van der Waals surface area (Å²) in [5, 5.41) is 9.53. The first kappa shape index (κ1) is 13.2. The van der Waals surface area contributed by atoms with E-state index >= 15 is 0 Å². The Balaban J connectivity index is 1.72. The van der Waals surface area contributed by atoms with Crippen molar-refractivity contribution in [2.24, 2.45) is 0 Å². The minimum Gasteiger partial charge on any atom is -0.493 e. The summed E-state index contributed by atoms with van der Waals surface area (Å²) < 4.78 is 5.80. The van der Waals surface area contributed by atoms with Crippen LogP contribution in [0.4, 0.5) is 11.9 Å². The van der Waals surface area contributed by atoms with E-state index in [1.807, 2.05) is 6.07 Å². The van der Waals surface area contributed by atoms with Crippen LogP contribution >= 0.6 is 0 Å². The maximum atomic E-state index is 5.80. The van der Waals surface area contributed by atoms with E-state index in [2.05, 4.69) is 46.5 Å². The molecular weight excluding hydrogens is 242 g/mol. The van der Waals surface area contributed by atoms with Gasteiger partial charge in [0.1, 0.15) is 5.75 Å². The second-order valence-electron chi connectivity index (χ2n) is 4.39. The van der Waals surface area contributed by atoms with Gasteiger partial charge in [-0.05, 0) is 31.4 Å². The molecule has 2 rings (SSSR count). The summed E-state index contributed by atoms with van der Waals surface area (Å²) in [6.45, 7) is 5.49. The minimum atomic E-state index is 0.314. The van der Waals surface area contributed by atoms with E-state index in [4.69, 9.17) is 10.5 Å². The molecule has 2 aromatic rings. The Morgan fingerprint density at radius 3 is 2.68 bits per heavy atom. The van der Waals surface area contributed by atoms with Crippen molar-refractivity contribution in [3.8, 4) is 5.75 Å². The van der Waals surface area contributed by atoms with Crippen molar-refractivity contribution < 1.29 is 4.74 Å². The smallest absolute Gasteiger partial charge is 0.243 e. The third-order valence-electron chi connectivity index (χ3n) is 2.76. The molecule has 1 heterocycles. The Hall–Kier alpha value is -2.24. The molecule has 0 aliphatic heterocycles. The lowest BCUT2D eigenvalue weighted by molar-refractivity contribution is 0.311. The maximum absolute atomic E-state index is 5.80. The topological polar surface area (TPSA) is 88.8 Å². The van der Waals surface area contributed by atoms with Gasteiger partial charge in [-0.1, -0.05) is 18.2 Å². The van der Waals surface area contributed by atoms with E-state index in [1.165, 1.54) is 0 Å². The lowest BCUT2D eigenvalue weighted by Gasteiger charge is -2.11. The van der Waals surface area contributed by atoms with Gasteiger partial charge in [-0.15, -0.1) is 5.10 Å². The van der Waals surface area contributed by atoms with Crippen LogP contribution in [-0.4, -0.2) is 28.3 Å². The number of rotatable bonds is 6. The summed E-state index contributed by atoms with van der Waals surface area (Å²) >= 11 is 0. The highest BCUT2D eigenvalue weighted by atomic mass is 16.5. The monoisotopic (exact) mass is 261 g/mol. The normalized spacial score (nSPS) is 10.4. The molecule has 0 atom stereocenters. The molecule has 0 unspecified atom stereocenters. The van der Waals surface area contributed by atoms with Gasteiger partial charge in [0, 0.05) is 6.54 Å². The molecule has 0 aliphatic rings. The lowest BCUT2D eigenvalue weighted by Crippen LogP contribution is -2.09. The van der Waals surface area contributed by atoms with Gasteiger partial charge in [0.05, 0.1) is 6.61 Å². The Bertz CT molecular complexity index is 517. The number of aromatic nitrogens is 3. The van der Waals surface area contributed by atoms with Crippen LogP contribution in [0.3, 0.4) is 0 Å². The fourth-order valence-corrected chi connectivity index (χ4v) is 1.83. The Kier molecular flexibility index (Phi) is 4.22. The maximum Gasteiger partial charge on any atom is 0.243 e. The van der Waals surface area contributed by atoms with Gasteiger partial charge in [-0.3, -0.25) is 0 Å². The van der Waals surface area contributed by atoms with Gasteiger partial charge in [-0.25, -0.2) is 5.10 Å². The van der Waals surface area contributed by atoms with Crippen molar-refractivity contribution in [3.63, 3.8) is 0 Å². The molecule has 1 aromatic heterocycles. The van der Waals surface area contributed by atoms with Gasteiger partial charge < -0.3 is 15.8 Å². The third kappa shape index (κ3) is 3.61. The summed E-state index contributed by atoms with van der Waals surface area (Å²) in [5.74, 6) is 1.81. The number of nitrogens with one attached hydrogen (secondary N) is 2. The van der Waals surface area contributed by atoms with Crippen LogP contribution in [0.25, 0.3) is 0 Å². The molecule has 0 saturated heterocycles. The molecule has 0 radical (unpaired) electrons. The van der Waals surface area contributed by atoms with E-state index in [9.17, 15) is 0 Å². The molecule has 0 saturated carbocycles. The van der Waals surface area contributed by atoms with Gasteiger partial charge >= 0.3 is 0 Å². The number of para-hydroxylation sites is 1. The highest BCUT2D eigenvalue weighted by molar-refractivity contribution is 5.39. The highest BCUT2D eigenvalue weighted by Gasteiger charge is 2.03. The number of nitrogens with zero attached hydrogens (tertiary/aromatic N) is 2. The zero-order chi connectivity index (χ0) is 13.7. The summed E-state index contributed by atoms with van der Waals surface area (Å²) in [5.41, 5.74) is 7.75. The molecule has 6 heteroatoms. The second kappa shape index (κ2) is 6.08. The van der Waals surface area contributed by atoms with Crippen molar-refractivity contribution in [1.82, 2.24) is 15.2 Å². The number of anilines is 2. The van der Waals surface area contributed by atoms with Crippen molar-refractivity contribution in [2.45, 2.75) is 20.3 Å². The summed E-state index contributed by atoms with van der Waals surface area (Å²) in [6, 6.07) is 6.14. The van der Waals surface area contributed by atoms with Crippen LogP contribution in [0.5, 0.6) is 5.75 Å². The molecule has 0 bridgehead atoms. The van der Waals surface area contributed by atoms with Gasteiger partial charge in [0.2, 0.25) is 11.9 Å². The van der Waals surface area contributed by atoms with Crippen LogP contribution in [0.1, 0.15) is 17.5 Å². The van der Waals surface area contributed by atoms with Crippen molar-refractivity contribution in [3.05, 3.63) is 29.3 Å². The number of hydrogen-bond donors (Lipinski definition) is 3. The molecule has 102 valence electrons. The van der Waals surface area contributed by atoms with Crippen LogP contribution in [-0.2, 0) is 0 Å². The molecule has 0 amide bonds. The van der Waals surface area contributed by atoms with Gasteiger partial charge in [0.15, 0.2) is 0 Å². The molecule has 0 spiro atoms. The van der Waals surface area contributed by atoms with E-state index in [0.29, 0.717) is 18.5 Å². The van der Waals surface area contributed by atoms with Gasteiger partial charge in [-0.2, -0.15) is 4.98 Å². The number of nitrogen functional groups attached to an aromatic ring is 1. The SMILES string of the molecule is Cc1cccc(C)c1OCCCNc1n[nH]c(N)n1. The van der Waals surface area contributed by atoms with E-state index in [1.54, 1.807) is 0 Å². The Morgan fingerprint density at radius 2 is 2.05 bits per heavy atom. The number of H-pyrrole nitrogens is 1. The second-order valence-corrected chi connectivity index (χ2v) is 4.39. The predicted molar refractivity (Wildman–Crippen MR) is 75.3 cm³/mol. The fourth-order valence-electron chi connectivity index (χ4n) is 1.83. The summed E-state index contributed by atoms with van der Waals surface area (Å²) in [7, 11) is 0. The van der Waals surface area contributed by atoms with Gasteiger partial charge in [0.25, 0.3) is 0 Å². The number of aryl methyl sites for hydroxylation is 2. The Labute approximate surface area is 112 Å². The average molecular weight is 261 g/mol. The van der Waals surface area contributed by atoms with E-state index in [-0.39, 0.29) is 0 Å². The summed E-state index contributed by atoms with van der Waals surface area (Å²) in [6.07, 6.45) is 0.863. The molecule has 19 heavy (non-hydrogen) atoms. The Morgan fingerprint density at radius 1 is 1.32 bits per heavy atom. The number of hydrogen-bond acceptors (Lipinski definition) is 5. The molecule has 0 fully saturated rings. The number of benzene rings is 1. The predicted octanol–water partition coefficient (Wildman–Crippen LogP) is 1.88. The average Bonchev–Trinajstić information content (AvgIpc) is 2.78. The van der Waals surface area contributed by atoms with E-state index < -0.39 is 0 Å². The molecule has 0 aliphatic carbocycles. The first-order valence-corrected chi connectivity index (χ1v) is 6.27. The number of nitrogens with two attached hydrogens (primary N) is 1. The van der Waals surface area contributed by atoms with E-state index in [0.717, 1.165) is 29.8 Å². The zero-order valence-electron chi connectivity index (χ0n) is 11.2. The number of aromatic amines is 1.